The predicted molar refractivity (Wildman–Crippen MR) is 121 cm³/mol. The van der Waals surface area contributed by atoms with Crippen molar-refractivity contribution in [2.24, 2.45) is 4.99 Å². The first-order valence-corrected chi connectivity index (χ1v) is 10.6. The van der Waals surface area contributed by atoms with E-state index in [4.69, 9.17) is 9.15 Å². The molecule has 0 atom stereocenters. The van der Waals surface area contributed by atoms with Gasteiger partial charge in [-0.25, -0.2) is 9.79 Å². The molecule has 0 saturated heterocycles. The van der Waals surface area contributed by atoms with Crippen molar-refractivity contribution in [1.82, 2.24) is 5.32 Å². The van der Waals surface area contributed by atoms with Gasteiger partial charge >= 0.3 is 5.97 Å². The number of esters is 1. The quantitative estimate of drug-likeness (QED) is 0.330. The maximum absolute atomic E-state index is 12.8. The van der Waals surface area contributed by atoms with Crippen LogP contribution < -0.4 is 20.6 Å². The molecule has 6 rings (SSSR count). The fraction of sp³-hybridized carbons (Fsp3) is 0.0769. The van der Waals surface area contributed by atoms with Crippen LogP contribution >= 0.6 is 0 Å². The number of hydrogen-bond donors (Lipinski definition) is 2. The SMILES string of the molecule is O=C1N=c2ccccc2=C1c1c(O)oc2cc3c(cc12)OC(=O)/C3=C1\C/C=C\C=C/CNC1=O. The number of benzene rings is 2. The van der Waals surface area contributed by atoms with Crippen LogP contribution in [0.4, 0.5) is 0 Å². The van der Waals surface area contributed by atoms with Crippen LogP contribution in [0.3, 0.4) is 0 Å². The van der Waals surface area contributed by atoms with Gasteiger partial charge in [-0.3, -0.25) is 9.59 Å². The zero-order chi connectivity index (χ0) is 23.4. The van der Waals surface area contributed by atoms with Gasteiger partial charge in [-0.15, -0.1) is 0 Å². The first-order valence-electron chi connectivity index (χ1n) is 10.6. The molecule has 0 radical (unpaired) electrons. The number of fused-ring (bicyclic) bond motifs is 3. The van der Waals surface area contributed by atoms with E-state index in [2.05, 4.69) is 10.3 Å². The van der Waals surface area contributed by atoms with Crippen LogP contribution in [0.2, 0.25) is 0 Å². The predicted octanol–water partition coefficient (Wildman–Crippen LogP) is 1.80. The number of nitrogens with one attached hydrogen (secondary N) is 1. The number of hydrogen-bond acceptors (Lipinski definition) is 6. The Hall–Kier alpha value is -4.72. The molecule has 34 heavy (non-hydrogen) atoms. The van der Waals surface area contributed by atoms with Gasteiger partial charge in [0.2, 0.25) is 5.91 Å². The van der Waals surface area contributed by atoms with Crippen molar-refractivity contribution in [3.05, 3.63) is 88.0 Å². The fourth-order valence-electron chi connectivity index (χ4n) is 4.46. The van der Waals surface area contributed by atoms with Crippen molar-refractivity contribution in [1.29, 1.82) is 0 Å². The fourth-order valence-corrected chi connectivity index (χ4v) is 4.46. The third-order valence-electron chi connectivity index (χ3n) is 5.97. The summed E-state index contributed by atoms with van der Waals surface area (Å²) in [5.41, 5.74) is 1.44. The van der Waals surface area contributed by atoms with E-state index in [1.165, 1.54) is 0 Å². The van der Waals surface area contributed by atoms with E-state index in [1.54, 1.807) is 54.6 Å². The number of ether oxygens (including phenoxy) is 1. The Morgan fingerprint density at radius 3 is 2.71 bits per heavy atom. The van der Waals surface area contributed by atoms with Crippen molar-refractivity contribution in [2.45, 2.75) is 6.42 Å². The Bertz CT molecular complexity index is 1670. The highest BCUT2D eigenvalue weighted by Gasteiger charge is 2.35. The summed E-state index contributed by atoms with van der Waals surface area (Å²) < 4.78 is 11.1. The number of amides is 2. The second-order valence-electron chi connectivity index (χ2n) is 7.95. The summed E-state index contributed by atoms with van der Waals surface area (Å²) in [5, 5.41) is 14.9. The molecule has 0 fully saturated rings. The molecule has 3 aromatic rings. The first-order chi connectivity index (χ1) is 16.5. The minimum absolute atomic E-state index is 0.142. The minimum Gasteiger partial charge on any atom is -0.480 e. The molecule has 2 N–H and O–H groups in total. The van der Waals surface area contributed by atoms with Crippen LogP contribution in [-0.4, -0.2) is 29.4 Å². The largest absolute Gasteiger partial charge is 0.480 e. The molecule has 0 saturated carbocycles. The highest BCUT2D eigenvalue weighted by Crippen LogP contribution is 2.44. The summed E-state index contributed by atoms with van der Waals surface area (Å²) in [4.78, 5) is 42.3. The molecule has 0 spiro atoms. The van der Waals surface area contributed by atoms with Crippen LogP contribution in [0, 0.1) is 0 Å². The molecule has 3 aliphatic rings. The summed E-state index contributed by atoms with van der Waals surface area (Å²) in [6.45, 7) is 0.329. The average molecular weight is 452 g/mol. The number of aromatic hydroxyl groups is 1. The molecule has 2 amide bonds. The van der Waals surface area contributed by atoms with Gasteiger partial charge in [-0.1, -0.05) is 42.5 Å². The normalized spacial score (nSPS) is 21.2. The molecule has 2 aromatic carbocycles. The van der Waals surface area contributed by atoms with Gasteiger partial charge in [0.15, 0.2) is 0 Å². The molecule has 1 aromatic heterocycles. The van der Waals surface area contributed by atoms with E-state index in [-0.39, 0.29) is 45.9 Å². The molecule has 8 nitrogen and oxygen atoms in total. The zero-order valence-electron chi connectivity index (χ0n) is 17.6. The number of para-hydroxylation sites is 1. The smallest absolute Gasteiger partial charge is 0.344 e. The van der Waals surface area contributed by atoms with Crippen LogP contribution in [0.15, 0.2) is 75.7 Å². The Morgan fingerprint density at radius 1 is 1.00 bits per heavy atom. The van der Waals surface area contributed by atoms with Gasteiger partial charge in [0.1, 0.15) is 11.3 Å². The van der Waals surface area contributed by atoms with Crippen LogP contribution in [0.1, 0.15) is 17.5 Å². The number of carbonyl (C=O) groups is 3. The number of nitrogens with zero attached hydrogens (tertiary/aromatic N) is 1. The summed E-state index contributed by atoms with van der Waals surface area (Å²) in [6, 6.07) is 10.1. The first kappa shape index (κ1) is 19.9. The van der Waals surface area contributed by atoms with E-state index >= 15 is 0 Å². The lowest BCUT2D eigenvalue weighted by Crippen LogP contribution is -2.26. The Labute approximate surface area is 191 Å². The molecule has 0 aliphatic carbocycles. The topological polar surface area (TPSA) is 118 Å². The lowest BCUT2D eigenvalue weighted by Gasteiger charge is -2.07. The van der Waals surface area contributed by atoms with Gasteiger partial charge < -0.3 is 19.6 Å². The van der Waals surface area contributed by atoms with Crippen LogP contribution in [0.5, 0.6) is 11.7 Å². The zero-order valence-corrected chi connectivity index (χ0v) is 17.6. The van der Waals surface area contributed by atoms with Gasteiger partial charge in [0, 0.05) is 28.3 Å². The van der Waals surface area contributed by atoms with E-state index in [1.807, 2.05) is 6.08 Å². The highest BCUT2D eigenvalue weighted by atomic mass is 16.5. The second kappa shape index (κ2) is 7.41. The second-order valence-corrected chi connectivity index (χ2v) is 7.95. The van der Waals surface area contributed by atoms with E-state index < -0.39 is 17.8 Å². The molecular weight excluding hydrogens is 436 g/mol. The van der Waals surface area contributed by atoms with Gasteiger partial charge in [0.25, 0.3) is 11.9 Å². The maximum atomic E-state index is 12.8. The summed E-state index contributed by atoms with van der Waals surface area (Å²) in [5.74, 6) is -1.74. The standard InChI is InChI=1S/C26H16N2O6/c29-23-14(8-3-1-2-6-10-27-23)20-15-11-19-16(12-18(15)33-25(20)31)22(26(32)34-19)21-13-7-4-5-9-17(13)28-24(21)30/h1-7,9,11-12,32H,8,10H2,(H,27,29)/b3-1-,6-2-,20-14+. The molecule has 3 aliphatic heterocycles. The molecule has 0 bridgehead atoms. The molecule has 0 unspecified atom stereocenters. The number of furan rings is 1. The van der Waals surface area contributed by atoms with Crippen LogP contribution in [-0.2, 0) is 14.4 Å². The average Bonchev–Trinajstić information content (AvgIpc) is 3.43. The number of carbonyl (C=O) groups excluding carboxylic acids is 3. The van der Waals surface area contributed by atoms with E-state index in [9.17, 15) is 19.5 Å². The summed E-state index contributed by atoms with van der Waals surface area (Å²) >= 11 is 0. The lowest BCUT2D eigenvalue weighted by molar-refractivity contribution is -0.127. The van der Waals surface area contributed by atoms with Crippen molar-refractivity contribution in [2.75, 3.05) is 6.54 Å². The number of allylic oxidation sites excluding steroid dienone is 3. The van der Waals surface area contributed by atoms with Gasteiger partial charge in [-0.05, 0) is 24.6 Å². The molecule has 4 heterocycles. The maximum Gasteiger partial charge on any atom is 0.344 e. The molecule has 166 valence electrons. The van der Waals surface area contributed by atoms with Crippen molar-refractivity contribution >= 4 is 39.9 Å². The third-order valence-corrected chi connectivity index (χ3v) is 5.97. The van der Waals surface area contributed by atoms with Gasteiger partial charge in [-0.2, -0.15) is 0 Å². The summed E-state index contributed by atoms with van der Waals surface area (Å²) in [6.07, 6.45) is 7.44. The van der Waals surface area contributed by atoms with Crippen molar-refractivity contribution < 1.29 is 28.6 Å². The molecule has 8 heteroatoms. The third kappa shape index (κ3) is 2.92. The van der Waals surface area contributed by atoms with Gasteiger partial charge in [0.05, 0.1) is 22.1 Å². The number of rotatable bonds is 1. The summed E-state index contributed by atoms with van der Waals surface area (Å²) in [7, 11) is 0. The monoisotopic (exact) mass is 452 g/mol. The minimum atomic E-state index is -0.649. The van der Waals surface area contributed by atoms with Crippen molar-refractivity contribution in [3.63, 3.8) is 0 Å². The van der Waals surface area contributed by atoms with Crippen molar-refractivity contribution in [3.8, 4) is 11.7 Å². The highest BCUT2D eigenvalue weighted by molar-refractivity contribution is 6.29. The lowest BCUT2D eigenvalue weighted by atomic mass is 9.95. The Kier molecular flexibility index (Phi) is 4.35. The molecular formula is C26H16N2O6. The van der Waals surface area contributed by atoms with Crippen LogP contribution in [0.25, 0.3) is 22.1 Å². The van der Waals surface area contributed by atoms with E-state index in [0.29, 0.717) is 28.1 Å². The van der Waals surface area contributed by atoms with E-state index in [0.717, 1.165) is 0 Å². The Morgan fingerprint density at radius 2 is 1.82 bits per heavy atom. The Balaban J connectivity index is 1.57.